The summed E-state index contributed by atoms with van der Waals surface area (Å²) >= 11 is 0. The van der Waals surface area contributed by atoms with Crippen molar-refractivity contribution in [1.82, 2.24) is 0 Å². The molecule has 0 amide bonds. The second-order valence-electron chi connectivity index (χ2n) is 8.56. The number of benzene rings is 3. The van der Waals surface area contributed by atoms with E-state index in [1.54, 1.807) is 0 Å². The molecular weight excluding hydrogens is 328 g/mol. The number of rotatable bonds is 1. The average molecular weight is 350 g/mol. The molecule has 6 rings (SSSR count). The number of fused-ring (bicyclic) bond motifs is 5. The van der Waals surface area contributed by atoms with Gasteiger partial charge in [0.2, 0.25) is 0 Å². The van der Waals surface area contributed by atoms with Crippen molar-refractivity contribution in [3.63, 3.8) is 0 Å². The van der Waals surface area contributed by atoms with Crippen LogP contribution < -0.4 is 0 Å². The number of carbonyl (C=O) groups excluding carboxylic acids is 1. The van der Waals surface area contributed by atoms with E-state index in [9.17, 15) is 4.79 Å². The van der Waals surface area contributed by atoms with Crippen LogP contribution in [-0.2, 0) is 6.42 Å². The molecule has 0 N–H and O–H groups in total. The minimum absolute atomic E-state index is 0.105. The highest BCUT2D eigenvalue weighted by Gasteiger charge is 2.53. The lowest BCUT2D eigenvalue weighted by molar-refractivity contribution is 0.0671. The molecule has 0 aromatic heterocycles. The summed E-state index contributed by atoms with van der Waals surface area (Å²) in [4.78, 5) is 13.7. The fourth-order valence-corrected chi connectivity index (χ4v) is 5.86. The number of hydrogen-bond donors (Lipinski definition) is 0. The first kappa shape index (κ1) is 15.4. The highest BCUT2D eigenvalue weighted by Crippen LogP contribution is 2.58. The van der Waals surface area contributed by atoms with Gasteiger partial charge in [0.1, 0.15) is 0 Å². The van der Waals surface area contributed by atoms with E-state index in [0.717, 1.165) is 37.7 Å². The second kappa shape index (κ2) is 5.42. The van der Waals surface area contributed by atoms with Crippen LogP contribution >= 0.6 is 0 Å². The number of carbonyl (C=O) groups is 1. The fraction of sp³-hybridized carbons (Fsp3) is 0.269. The molecule has 1 heteroatoms. The van der Waals surface area contributed by atoms with Crippen LogP contribution in [0.5, 0.6) is 0 Å². The van der Waals surface area contributed by atoms with Gasteiger partial charge in [-0.2, -0.15) is 0 Å². The Morgan fingerprint density at radius 3 is 2.59 bits per heavy atom. The zero-order valence-corrected chi connectivity index (χ0v) is 15.4. The van der Waals surface area contributed by atoms with Gasteiger partial charge in [-0.3, -0.25) is 4.79 Å². The van der Waals surface area contributed by atoms with Crippen molar-refractivity contribution in [2.45, 2.75) is 32.1 Å². The summed E-state index contributed by atoms with van der Waals surface area (Å²) in [5.74, 6) is 0.967. The lowest BCUT2D eigenvalue weighted by Gasteiger charge is -2.39. The van der Waals surface area contributed by atoms with Gasteiger partial charge in [-0.25, -0.2) is 0 Å². The quantitative estimate of drug-likeness (QED) is 0.467. The van der Waals surface area contributed by atoms with E-state index in [1.807, 2.05) is 6.07 Å². The number of hydrogen-bond acceptors (Lipinski definition) is 1. The number of allylic oxidation sites excluding steroid dienone is 2. The molecule has 1 fully saturated rings. The molecule has 3 aliphatic carbocycles. The third kappa shape index (κ3) is 2.09. The lowest BCUT2D eigenvalue weighted by atomic mass is 9.63. The number of Topliss-reactive ketones (excluding diaryl/α,β-unsaturated/α-hetero) is 1. The molecule has 1 saturated carbocycles. The Hall–Kier alpha value is -2.67. The molecule has 3 aliphatic rings. The first-order valence-electron chi connectivity index (χ1n) is 10.1. The van der Waals surface area contributed by atoms with Gasteiger partial charge in [-0.05, 0) is 71.6 Å². The Morgan fingerprint density at radius 1 is 0.926 bits per heavy atom. The summed E-state index contributed by atoms with van der Waals surface area (Å²) in [5.41, 5.74) is 6.10. The summed E-state index contributed by atoms with van der Waals surface area (Å²) in [6, 6.07) is 21.5. The largest absolute Gasteiger partial charge is 0.294 e. The van der Waals surface area contributed by atoms with E-state index in [2.05, 4.69) is 60.7 Å². The maximum absolute atomic E-state index is 13.7. The highest BCUT2D eigenvalue weighted by molar-refractivity contribution is 6.08. The van der Waals surface area contributed by atoms with Gasteiger partial charge in [0.25, 0.3) is 0 Å². The smallest absolute Gasteiger partial charge is 0.169 e. The van der Waals surface area contributed by atoms with Crippen LogP contribution in [0.25, 0.3) is 21.9 Å². The Morgan fingerprint density at radius 2 is 1.81 bits per heavy atom. The van der Waals surface area contributed by atoms with Crippen molar-refractivity contribution in [2.75, 3.05) is 0 Å². The van der Waals surface area contributed by atoms with Crippen molar-refractivity contribution in [2.24, 2.45) is 11.3 Å². The molecule has 132 valence electrons. The fourth-order valence-electron chi connectivity index (χ4n) is 5.86. The van der Waals surface area contributed by atoms with E-state index >= 15 is 0 Å². The highest BCUT2D eigenvalue weighted by atomic mass is 16.1. The standard InChI is InChI=1S/C26H22O/c27-25-24-15-23-19(7-4-8-22(23)18-5-2-1-3-6-18)14-20(24)11-12-26(25)16-17-9-10-21(26)13-17/h1-9,14-15,21H,10-13,16H2. The molecule has 0 radical (unpaired) electrons. The molecule has 3 aromatic rings. The third-order valence-electron chi connectivity index (χ3n) is 7.25. The van der Waals surface area contributed by atoms with Crippen LogP contribution in [0, 0.1) is 11.3 Å². The Labute approximate surface area is 159 Å². The molecular formula is C26H22O. The zero-order chi connectivity index (χ0) is 18.0. The third-order valence-corrected chi connectivity index (χ3v) is 7.25. The normalized spacial score (nSPS) is 25.9. The van der Waals surface area contributed by atoms with Crippen LogP contribution in [0.15, 0.2) is 72.3 Å². The summed E-state index contributed by atoms with van der Waals surface area (Å²) < 4.78 is 0. The SMILES string of the molecule is O=C1c2cc3c(-c4ccccc4)cccc3cc2CCC12CC1=CCC2C1. The van der Waals surface area contributed by atoms with Crippen molar-refractivity contribution >= 4 is 16.6 Å². The lowest BCUT2D eigenvalue weighted by Crippen LogP contribution is -2.39. The predicted molar refractivity (Wildman–Crippen MR) is 110 cm³/mol. The minimum Gasteiger partial charge on any atom is -0.294 e. The molecule has 27 heavy (non-hydrogen) atoms. The molecule has 3 aromatic carbocycles. The summed E-state index contributed by atoms with van der Waals surface area (Å²) in [5, 5.41) is 2.45. The van der Waals surface area contributed by atoms with Crippen LogP contribution in [0.2, 0.25) is 0 Å². The van der Waals surface area contributed by atoms with Crippen LogP contribution in [0.4, 0.5) is 0 Å². The van der Waals surface area contributed by atoms with Gasteiger partial charge in [-0.15, -0.1) is 0 Å². The first-order chi connectivity index (χ1) is 13.2. The summed E-state index contributed by atoms with van der Waals surface area (Å²) in [7, 11) is 0. The maximum atomic E-state index is 13.7. The van der Waals surface area contributed by atoms with E-state index in [0.29, 0.717) is 11.7 Å². The van der Waals surface area contributed by atoms with Crippen LogP contribution in [0.3, 0.4) is 0 Å². The molecule has 1 spiro atoms. The number of aryl methyl sites for hydroxylation is 1. The van der Waals surface area contributed by atoms with Crippen LogP contribution in [0.1, 0.15) is 41.6 Å². The van der Waals surface area contributed by atoms with E-state index in [1.165, 1.54) is 33.0 Å². The van der Waals surface area contributed by atoms with E-state index < -0.39 is 0 Å². The topological polar surface area (TPSA) is 17.1 Å². The molecule has 2 atom stereocenters. The predicted octanol–water partition coefficient (Wildman–Crippen LogP) is 6.36. The maximum Gasteiger partial charge on any atom is 0.169 e. The molecule has 1 nitrogen and oxygen atoms in total. The Balaban J connectivity index is 1.54. The summed E-state index contributed by atoms with van der Waals surface area (Å²) in [6.45, 7) is 0. The van der Waals surface area contributed by atoms with Crippen molar-refractivity contribution in [1.29, 1.82) is 0 Å². The summed E-state index contributed by atoms with van der Waals surface area (Å²) in [6.07, 6.45) is 7.73. The average Bonchev–Trinajstić information content (AvgIpc) is 3.32. The molecule has 2 unspecified atom stereocenters. The van der Waals surface area contributed by atoms with Gasteiger partial charge in [0.15, 0.2) is 5.78 Å². The monoisotopic (exact) mass is 350 g/mol. The van der Waals surface area contributed by atoms with Crippen molar-refractivity contribution < 1.29 is 4.79 Å². The Kier molecular flexibility index (Phi) is 3.09. The van der Waals surface area contributed by atoms with Gasteiger partial charge in [0, 0.05) is 11.0 Å². The van der Waals surface area contributed by atoms with Gasteiger partial charge in [-0.1, -0.05) is 66.2 Å². The van der Waals surface area contributed by atoms with Crippen LogP contribution in [-0.4, -0.2) is 5.78 Å². The molecule has 0 saturated heterocycles. The minimum atomic E-state index is -0.105. The van der Waals surface area contributed by atoms with E-state index in [-0.39, 0.29) is 5.41 Å². The Bertz CT molecular complexity index is 1120. The molecule has 0 aliphatic heterocycles. The van der Waals surface area contributed by atoms with Crippen molar-refractivity contribution in [3.8, 4) is 11.1 Å². The van der Waals surface area contributed by atoms with Gasteiger partial charge < -0.3 is 0 Å². The molecule has 2 bridgehead atoms. The van der Waals surface area contributed by atoms with Gasteiger partial charge in [0.05, 0.1) is 0 Å². The van der Waals surface area contributed by atoms with Crippen molar-refractivity contribution in [3.05, 3.63) is 83.4 Å². The number of ketones is 1. The second-order valence-corrected chi connectivity index (χ2v) is 8.56. The molecule has 0 heterocycles. The van der Waals surface area contributed by atoms with Gasteiger partial charge >= 0.3 is 0 Å². The first-order valence-corrected chi connectivity index (χ1v) is 10.1. The zero-order valence-electron chi connectivity index (χ0n) is 15.4. The van der Waals surface area contributed by atoms with E-state index in [4.69, 9.17) is 0 Å².